The summed E-state index contributed by atoms with van der Waals surface area (Å²) in [5.74, 6) is 0.000219. The van der Waals surface area contributed by atoms with Gasteiger partial charge in [-0.05, 0) is 29.8 Å². The highest BCUT2D eigenvalue weighted by Gasteiger charge is 2.11. The zero-order chi connectivity index (χ0) is 14.3. The van der Waals surface area contributed by atoms with Crippen molar-refractivity contribution in [3.05, 3.63) is 40.5 Å². The van der Waals surface area contributed by atoms with Gasteiger partial charge in [0.15, 0.2) is 5.65 Å². The van der Waals surface area contributed by atoms with Crippen molar-refractivity contribution in [2.24, 2.45) is 7.05 Å². The van der Waals surface area contributed by atoms with Crippen molar-refractivity contribution >= 4 is 45.7 Å². The van der Waals surface area contributed by atoms with Crippen molar-refractivity contribution in [3.63, 3.8) is 0 Å². The van der Waals surface area contributed by atoms with Crippen LogP contribution in [0.25, 0.3) is 11.0 Å². The Morgan fingerprint density at radius 1 is 1.25 bits per heavy atom. The monoisotopic (exact) mass is 311 g/mol. The Kier molecular flexibility index (Phi) is 3.19. The number of anilines is 2. The topological polar surface area (TPSA) is 55.6 Å². The fraction of sp³-hybridized carbons (Fsp3) is 0.0833. The molecular formula is C12H8Cl2FN5. The predicted octanol–water partition coefficient (Wildman–Crippen LogP) is 3.55. The van der Waals surface area contributed by atoms with Crippen LogP contribution in [-0.2, 0) is 7.05 Å². The maximum Gasteiger partial charge on any atom is 0.226 e. The normalized spacial score (nSPS) is 11.0. The second-order valence-corrected chi connectivity index (χ2v) is 4.85. The van der Waals surface area contributed by atoms with Gasteiger partial charge >= 0.3 is 0 Å². The van der Waals surface area contributed by atoms with Gasteiger partial charge < -0.3 is 5.32 Å². The molecule has 3 rings (SSSR count). The van der Waals surface area contributed by atoms with Gasteiger partial charge in [-0.3, -0.25) is 4.68 Å². The molecule has 0 saturated heterocycles. The van der Waals surface area contributed by atoms with Crippen LogP contribution in [0, 0.1) is 5.82 Å². The number of hydrogen-bond acceptors (Lipinski definition) is 4. The molecule has 0 aliphatic heterocycles. The second-order valence-electron chi connectivity index (χ2n) is 4.10. The van der Waals surface area contributed by atoms with Gasteiger partial charge in [-0.15, -0.1) is 0 Å². The van der Waals surface area contributed by atoms with Gasteiger partial charge in [-0.1, -0.05) is 11.6 Å². The molecule has 2 heterocycles. The van der Waals surface area contributed by atoms with E-state index in [2.05, 4.69) is 20.4 Å². The lowest BCUT2D eigenvalue weighted by atomic mass is 10.3. The Balaban J connectivity index is 2.08. The summed E-state index contributed by atoms with van der Waals surface area (Å²) >= 11 is 11.6. The second kappa shape index (κ2) is 4.88. The average molecular weight is 312 g/mol. The molecule has 0 fully saturated rings. The first-order valence-electron chi connectivity index (χ1n) is 5.62. The Hall–Kier alpha value is -1.92. The van der Waals surface area contributed by atoms with Crippen LogP contribution in [0.1, 0.15) is 0 Å². The standard InChI is InChI=1S/C12H8Cl2FN5/c1-20-11-7(5-16-20)10(18-12(14)19-11)17-6-2-3-9(15)8(13)4-6/h2-5H,1H3,(H,17,18,19). The Morgan fingerprint density at radius 3 is 2.80 bits per heavy atom. The fourth-order valence-electron chi connectivity index (χ4n) is 1.80. The molecule has 102 valence electrons. The van der Waals surface area contributed by atoms with Crippen LogP contribution in [0.3, 0.4) is 0 Å². The van der Waals surface area contributed by atoms with E-state index in [4.69, 9.17) is 23.2 Å². The van der Waals surface area contributed by atoms with Gasteiger partial charge in [0, 0.05) is 12.7 Å². The number of halogens is 3. The third-order valence-electron chi connectivity index (χ3n) is 2.75. The molecule has 3 aromatic rings. The minimum Gasteiger partial charge on any atom is -0.339 e. The zero-order valence-corrected chi connectivity index (χ0v) is 11.7. The summed E-state index contributed by atoms with van der Waals surface area (Å²) in [7, 11) is 1.75. The van der Waals surface area contributed by atoms with E-state index < -0.39 is 5.82 Å². The van der Waals surface area contributed by atoms with E-state index in [9.17, 15) is 4.39 Å². The molecule has 0 aliphatic carbocycles. The Labute approximate surface area is 123 Å². The number of rotatable bonds is 2. The van der Waals surface area contributed by atoms with E-state index in [1.54, 1.807) is 24.0 Å². The van der Waals surface area contributed by atoms with Crippen molar-refractivity contribution in [1.29, 1.82) is 0 Å². The van der Waals surface area contributed by atoms with E-state index in [-0.39, 0.29) is 10.3 Å². The molecule has 8 heteroatoms. The molecule has 0 amide bonds. The summed E-state index contributed by atoms with van der Waals surface area (Å²) in [4.78, 5) is 8.21. The summed E-state index contributed by atoms with van der Waals surface area (Å²) in [5.41, 5.74) is 1.19. The number of hydrogen-bond donors (Lipinski definition) is 1. The molecule has 1 aromatic carbocycles. The van der Waals surface area contributed by atoms with Gasteiger partial charge in [0.25, 0.3) is 0 Å². The number of aromatic nitrogens is 4. The smallest absolute Gasteiger partial charge is 0.226 e. The molecule has 0 spiro atoms. The molecule has 0 radical (unpaired) electrons. The lowest BCUT2D eigenvalue weighted by molar-refractivity contribution is 0.628. The van der Waals surface area contributed by atoms with Gasteiger partial charge in [0.05, 0.1) is 16.6 Å². The van der Waals surface area contributed by atoms with Crippen molar-refractivity contribution in [2.75, 3.05) is 5.32 Å². The van der Waals surface area contributed by atoms with Crippen molar-refractivity contribution in [1.82, 2.24) is 19.7 Å². The van der Waals surface area contributed by atoms with Crippen LogP contribution in [-0.4, -0.2) is 19.7 Å². The molecule has 0 saturated carbocycles. The van der Waals surface area contributed by atoms with Crippen molar-refractivity contribution < 1.29 is 4.39 Å². The molecule has 0 aliphatic rings. The minimum absolute atomic E-state index is 0.0255. The van der Waals surface area contributed by atoms with Gasteiger partial charge in [0.1, 0.15) is 11.6 Å². The number of nitrogens with one attached hydrogen (secondary N) is 1. The highest BCUT2D eigenvalue weighted by atomic mass is 35.5. The van der Waals surface area contributed by atoms with Crippen LogP contribution in [0.4, 0.5) is 15.9 Å². The zero-order valence-electron chi connectivity index (χ0n) is 10.2. The number of nitrogens with zero attached hydrogens (tertiary/aromatic N) is 4. The van der Waals surface area contributed by atoms with E-state index in [0.717, 1.165) is 0 Å². The van der Waals surface area contributed by atoms with E-state index >= 15 is 0 Å². The van der Waals surface area contributed by atoms with Gasteiger partial charge in [0.2, 0.25) is 5.28 Å². The average Bonchev–Trinajstić information content (AvgIpc) is 2.76. The fourth-order valence-corrected chi connectivity index (χ4v) is 2.15. The lowest BCUT2D eigenvalue weighted by Gasteiger charge is -2.07. The molecule has 2 aromatic heterocycles. The van der Waals surface area contributed by atoms with Crippen molar-refractivity contribution in [3.8, 4) is 0 Å². The highest BCUT2D eigenvalue weighted by molar-refractivity contribution is 6.31. The first kappa shape index (κ1) is 13.1. The van der Waals surface area contributed by atoms with Crippen LogP contribution >= 0.6 is 23.2 Å². The Bertz CT molecular complexity index is 802. The summed E-state index contributed by atoms with van der Waals surface area (Å²) in [6, 6.07) is 4.29. The quantitative estimate of drug-likeness (QED) is 0.735. The van der Waals surface area contributed by atoms with Crippen molar-refractivity contribution in [2.45, 2.75) is 0 Å². The first-order chi connectivity index (χ1) is 9.54. The number of fused-ring (bicyclic) bond motifs is 1. The number of aryl methyl sites for hydroxylation is 1. The highest BCUT2D eigenvalue weighted by Crippen LogP contribution is 2.26. The third-order valence-corrected chi connectivity index (χ3v) is 3.21. The molecule has 1 N–H and O–H groups in total. The number of benzene rings is 1. The summed E-state index contributed by atoms with van der Waals surface area (Å²) in [6.07, 6.45) is 1.62. The molecule has 20 heavy (non-hydrogen) atoms. The van der Waals surface area contributed by atoms with Crippen LogP contribution < -0.4 is 5.32 Å². The Morgan fingerprint density at radius 2 is 2.05 bits per heavy atom. The SMILES string of the molecule is Cn1ncc2c(Nc3ccc(F)c(Cl)c3)nc(Cl)nc21. The van der Waals surface area contributed by atoms with Gasteiger partial charge in [-0.2, -0.15) is 15.1 Å². The van der Waals surface area contributed by atoms with E-state index in [0.29, 0.717) is 22.5 Å². The predicted molar refractivity (Wildman–Crippen MR) is 76.0 cm³/mol. The maximum absolute atomic E-state index is 13.1. The summed E-state index contributed by atoms with van der Waals surface area (Å²) in [5, 5.41) is 7.96. The lowest BCUT2D eigenvalue weighted by Crippen LogP contribution is -1.98. The van der Waals surface area contributed by atoms with Gasteiger partial charge in [-0.25, -0.2) is 4.39 Å². The first-order valence-corrected chi connectivity index (χ1v) is 6.37. The van der Waals surface area contributed by atoms with Crippen LogP contribution in [0.15, 0.2) is 24.4 Å². The third kappa shape index (κ3) is 2.28. The van der Waals surface area contributed by atoms with E-state index in [1.165, 1.54) is 12.1 Å². The largest absolute Gasteiger partial charge is 0.339 e. The van der Waals surface area contributed by atoms with Crippen LogP contribution in [0.2, 0.25) is 10.3 Å². The molecular weight excluding hydrogens is 304 g/mol. The molecule has 0 atom stereocenters. The molecule has 0 bridgehead atoms. The maximum atomic E-state index is 13.1. The summed E-state index contributed by atoms with van der Waals surface area (Å²) in [6.45, 7) is 0. The summed E-state index contributed by atoms with van der Waals surface area (Å²) < 4.78 is 14.7. The minimum atomic E-state index is -0.482. The van der Waals surface area contributed by atoms with E-state index in [1.807, 2.05) is 0 Å². The molecule has 0 unspecified atom stereocenters. The van der Waals surface area contributed by atoms with Crippen LogP contribution in [0.5, 0.6) is 0 Å². The molecule has 5 nitrogen and oxygen atoms in total.